The molecular formula is C11H14N2O3S. The number of thiophene rings is 1. The monoisotopic (exact) mass is 254 g/mol. The summed E-state index contributed by atoms with van der Waals surface area (Å²) in [6, 6.07) is 0. The van der Waals surface area contributed by atoms with Gasteiger partial charge in [-0.1, -0.05) is 0 Å². The van der Waals surface area contributed by atoms with Crippen molar-refractivity contribution in [3.8, 4) is 0 Å². The number of fused-ring (bicyclic) bond motifs is 1. The van der Waals surface area contributed by atoms with Gasteiger partial charge in [0.25, 0.3) is 5.91 Å². The number of rotatable bonds is 3. The Morgan fingerprint density at radius 2 is 2.24 bits per heavy atom. The lowest BCUT2D eigenvalue weighted by molar-refractivity contribution is 0.100. The van der Waals surface area contributed by atoms with Crippen LogP contribution in [0.5, 0.6) is 0 Å². The maximum absolute atomic E-state index is 11.4. The normalized spacial score (nSPS) is 13.2. The average molecular weight is 254 g/mol. The van der Waals surface area contributed by atoms with Crippen LogP contribution in [0.2, 0.25) is 0 Å². The maximum atomic E-state index is 11.4. The zero-order valence-corrected chi connectivity index (χ0v) is 10.4. The molecule has 1 aliphatic carbocycles. The molecule has 1 aromatic heterocycles. The molecule has 0 aliphatic heterocycles. The van der Waals surface area contributed by atoms with E-state index in [9.17, 15) is 9.59 Å². The van der Waals surface area contributed by atoms with Crippen LogP contribution < -0.4 is 11.1 Å². The lowest BCUT2D eigenvalue weighted by atomic mass is 10.1. The van der Waals surface area contributed by atoms with Gasteiger partial charge in [0.1, 0.15) is 5.00 Å². The molecule has 6 heteroatoms. The fraction of sp³-hybridized carbons (Fsp3) is 0.455. The van der Waals surface area contributed by atoms with Crippen molar-refractivity contribution in [2.24, 2.45) is 5.73 Å². The third kappa shape index (κ3) is 2.26. The molecule has 0 saturated carbocycles. The molecular weight excluding hydrogens is 240 g/mol. The summed E-state index contributed by atoms with van der Waals surface area (Å²) in [6.07, 6.45) is 2.30. The van der Waals surface area contributed by atoms with Gasteiger partial charge in [0.15, 0.2) is 0 Å². The topological polar surface area (TPSA) is 81.4 Å². The molecule has 0 unspecified atom stereocenters. The van der Waals surface area contributed by atoms with Crippen molar-refractivity contribution in [2.45, 2.75) is 26.2 Å². The predicted molar refractivity (Wildman–Crippen MR) is 65.5 cm³/mol. The fourth-order valence-electron chi connectivity index (χ4n) is 2.01. The Morgan fingerprint density at radius 3 is 2.88 bits per heavy atom. The molecule has 5 nitrogen and oxygen atoms in total. The molecule has 1 aliphatic rings. The summed E-state index contributed by atoms with van der Waals surface area (Å²) in [5.74, 6) is -0.490. The third-order valence-corrected chi connectivity index (χ3v) is 3.87. The number of aryl methyl sites for hydroxylation is 1. The highest BCUT2D eigenvalue weighted by molar-refractivity contribution is 7.17. The Labute approximate surface area is 103 Å². The van der Waals surface area contributed by atoms with E-state index < -0.39 is 12.0 Å². The second kappa shape index (κ2) is 4.75. The molecule has 2 amide bonds. The van der Waals surface area contributed by atoms with Gasteiger partial charge >= 0.3 is 6.09 Å². The molecule has 0 saturated heterocycles. The molecule has 1 heterocycles. The van der Waals surface area contributed by atoms with Crippen LogP contribution in [-0.2, 0) is 17.6 Å². The first-order chi connectivity index (χ1) is 8.13. The molecule has 0 spiro atoms. The minimum absolute atomic E-state index is 0.294. The molecule has 2 rings (SSSR count). The summed E-state index contributed by atoms with van der Waals surface area (Å²) in [6.45, 7) is 2.02. The van der Waals surface area contributed by atoms with Gasteiger partial charge in [-0.05, 0) is 31.7 Å². The van der Waals surface area contributed by atoms with Crippen molar-refractivity contribution < 1.29 is 14.3 Å². The molecule has 0 fully saturated rings. The highest BCUT2D eigenvalue weighted by Gasteiger charge is 2.26. The second-order valence-electron chi connectivity index (χ2n) is 3.77. The van der Waals surface area contributed by atoms with Crippen molar-refractivity contribution in [3.05, 3.63) is 16.0 Å². The van der Waals surface area contributed by atoms with Gasteiger partial charge < -0.3 is 10.5 Å². The summed E-state index contributed by atoms with van der Waals surface area (Å²) in [5.41, 5.74) is 6.81. The third-order valence-electron chi connectivity index (χ3n) is 2.66. The van der Waals surface area contributed by atoms with E-state index in [2.05, 4.69) is 5.32 Å². The van der Waals surface area contributed by atoms with E-state index in [4.69, 9.17) is 10.5 Å². The van der Waals surface area contributed by atoms with Crippen LogP contribution in [0.15, 0.2) is 0 Å². The standard InChI is InChI=1S/C11H14N2O3S/c1-2-16-11(15)13-10-8(9(12)14)6-4-3-5-7(6)17-10/h2-5H2,1H3,(H2,12,14)(H,13,15). The van der Waals surface area contributed by atoms with Crippen molar-refractivity contribution in [1.29, 1.82) is 0 Å². The zero-order chi connectivity index (χ0) is 12.4. The first kappa shape index (κ1) is 11.9. The number of carbonyl (C=O) groups excluding carboxylic acids is 2. The van der Waals surface area contributed by atoms with E-state index in [1.165, 1.54) is 11.3 Å². The van der Waals surface area contributed by atoms with Gasteiger partial charge in [-0.3, -0.25) is 10.1 Å². The molecule has 3 N–H and O–H groups in total. The van der Waals surface area contributed by atoms with E-state index >= 15 is 0 Å². The highest BCUT2D eigenvalue weighted by Crippen LogP contribution is 2.38. The van der Waals surface area contributed by atoms with Gasteiger partial charge in [0, 0.05) is 4.88 Å². The molecule has 0 bridgehead atoms. The summed E-state index contributed by atoms with van der Waals surface area (Å²) >= 11 is 1.42. The maximum Gasteiger partial charge on any atom is 0.412 e. The minimum Gasteiger partial charge on any atom is -0.450 e. The zero-order valence-electron chi connectivity index (χ0n) is 9.54. The van der Waals surface area contributed by atoms with Gasteiger partial charge in [-0.25, -0.2) is 4.79 Å². The number of hydrogen-bond acceptors (Lipinski definition) is 4. The van der Waals surface area contributed by atoms with Crippen LogP contribution in [-0.4, -0.2) is 18.6 Å². The smallest absolute Gasteiger partial charge is 0.412 e. The number of carbonyl (C=O) groups is 2. The molecule has 92 valence electrons. The van der Waals surface area contributed by atoms with Crippen LogP contribution in [0, 0.1) is 0 Å². The molecule has 0 aromatic carbocycles. The molecule has 17 heavy (non-hydrogen) atoms. The first-order valence-corrected chi connectivity index (χ1v) is 6.33. The first-order valence-electron chi connectivity index (χ1n) is 5.51. The lowest BCUT2D eigenvalue weighted by Crippen LogP contribution is -2.18. The van der Waals surface area contributed by atoms with E-state index in [-0.39, 0.29) is 0 Å². The highest BCUT2D eigenvalue weighted by atomic mass is 32.1. The number of anilines is 1. The Kier molecular flexibility index (Phi) is 3.33. The van der Waals surface area contributed by atoms with E-state index in [0.29, 0.717) is 17.2 Å². The Hall–Kier alpha value is -1.56. The number of nitrogens with one attached hydrogen (secondary N) is 1. The summed E-state index contributed by atoms with van der Waals surface area (Å²) in [7, 11) is 0. The van der Waals surface area contributed by atoms with Crippen molar-refractivity contribution >= 4 is 28.3 Å². The number of hydrogen-bond donors (Lipinski definition) is 2. The quantitative estimate of drug-likeness (QED) is 0.864. The Morgan fingerprint density at radius 1 is 1.47 bits per heavy atom. The van der Waals surface area contributed by atoms with Gasteiger partial charge in [-0.15, -0.1) is 11.3 Å². The largest absolute Gasteiger partial charge is 0.450 e. The van der Waals surface area contributed by atoms with Crippen LogP contribution in [0.4, 0.5) is 9.80 Å². The van der Waals surface area contributed by atoms with Crippen molar-refractivity contribution in [2.75, 3.05) is 11.9 Å². The van der Waals surface area contributed by atoms with Gasteiger partial charge in [0.05, 0.1) is 12.2 Å². The van der Waals surface area contributed by atoms with Gasteiger partial charge in [-0.2, -0.15) is 0 Å². The fourth-order valence-corrected chi connectivity index (χ4v) is 3.29. The van der Waals surface area contributed by atoms with Crippen molar-refractivity contribution in [3.63, 3.8) is 0 Å². The Bertz CT molecular complexity index is 468. The minimum atomic E-state index is -0.546. The van der Waals surface area contributed by atoms with E-state index in [1.54, 1.807) is 6.92 Å². The van der Waals surface area contributed by atoms with Crippen molar-refractivity contribution in [1.82, 2.24) is 0 Å². The number of ether oxygens (including phenoxy) is 1. The van der Waals surface area contributed by atoms with Crippen LogP contribution in [0.3, 0.4) is 0 Å². The van der Waals surface area contributed by atoms with Crippen LogP contribution in [0.25, 0.3) is 0 Å². The van der Waals surface area contributed by atoms with E-state index in [0.717, 1.165) is 29.7 Å². The SMILES string of the molecule is CCOC(=O)Nc1sc2c(c1C(N)=O)CCC2. The van der Waals surface area contributed by atoms with Gasteiger partial charge in [0.2, 0.25) is 0 Å². The molecule has 0 atom stereocenters. The summed E-state index contributed by atoms with van der Waals surface area (Å²) in [5, 5.41) is 3.09. The van der Waals surface area contributed by atoms with E-state index in [1.807, 2.05) is 0 Å². The number of nitrogens with two attached hydrogens (primary N) is 1. The number of amides is 2. The second-order valence-corrected chi connectivity index (χ2v) is 4.88. The average Bonchev–Trinajstić information content (AvgIpc) is 2.76. The van der Waals surface area contributed by atoms with Crippen LogP contribution in [0.1, 0.15) is 34.1 Å². The molecule has 1 aromatic rings. The summed E-state index contributed by atoms with van der Waals surface area (Å²) in [4.78, 5) is 23.9. The predicted octanol–water partition coefficient (Wildman–Crippen LogP) is 1.90. The Balaban J connectivity index is 2.28. The lowest BCUT2D eigenvalue weighted by Gasteiger charge is -2.05. The summed E-state index contributed by atoms with van der Waals surface area (Å²) < 4.78 is 4.79. The van der Waals surface area contributed by atoms with Crippen LogP contribution >= 0.6 is 11.3 Å². The number of primary amides is 1. The molecule has 0 radical (unpaired) electrons.